The van der Waals surface area contributed by atoms with E-state index in [1.807, 2.05) is 0 Å². The van der Waals surface area contributed by atoms with Crippen LogP contribution < -0.4 is 0 Å². The standard InChI is InChI=1S/C21H34N6P2/c1-19-2-20(5-26-9-22-7-23(10-26)14-28(13-22)17-26)4-21(3-19)6-27-11-24-8-25(12-27)16-29(15-24)18-27/h2-4H,5-18H2,1H3/q+2. The van der Waals surface area contributed by atoms with Gasteiger partial charge >= 0.3 is 0 Å². The largest absolute Gasteiger partial charge is 0.291 e. The molecule has 9 rings (SSSR count). The first kappa shape index (κ1) is 18.4. The van der Waals surface area contributed by atoms with Crippen LogP contribution in [0.25, 0.3) is 0 Å². The number of hydrogen-bond acceptors (Lipinski definition) is 4. The summed E-state index contributed by atoms with van der Waals surface area (Å²) in [4.78, 5) is 10.9. The van der Waals surface area contributed by atoms with Gasteiger partial charge in [0.2, 0.25) is 0 Å². The second-order valence-corrected chi connectivity index (χ2v) is 15.4. The van der Waals surface area contributed by atoms with Crippen LogP contribution >= 0.6 is 15.8 Å². The third-order valence-electron chi connectivity index (χ3n) is 7.63. The fraction of sp³-hybridized carbons (Fsp3) is 0.714. The summed E-state index contributed by atoms with van der Waals surface area (Å²) in [5.74, 6) is 0. The molecule has 1 aromatic rings. The molecule has 4 atom stereocenters. The van der Waals surface area contributed by atoms with Crippen molar-refractivity contribution in [2.24, 2.45) is 0 Å². The van der Waals surface area contributed by atoms with Gasteiger partial charge in [-0.25, -0.2) is 19.6 Å². The molecule has 8 heteroatoms. The van der Waals surface area contributed by atoms with Gasteiger partial charge in [0.25, 0.3) is 0 Å². The Labute approximate surface area is 177 Å². The average Bonchev–Trinajstić information content (AvgIpc) is 2.57. The molecule has 29 heavy (non-hydrogen) atoms. The smallest absolute Gasteiger partial charge is 0.137 e. The maximum absolute atomic E-state index is 2.73. The summed E-state index contributed by atoms with van der Waals surface area (Å²) < 4.78 is 2.61. The zero-order valence-electron chi connectivity index (χ0n) is 17.7. The van der Waals surface area contributed by atoms with Crippen molar-refractivity contribution in [1.29, 1.82) is 0 Å². The minimum atomic E-state index is 0.218. The van der Waals surface area contributed by atoms with E-state index in [1.165, 1.54) is 105 Å². The minimum absolute atomic E-state index is 0.218. The highest BCUT2D eigenvalue weighted by atomic mass is 31.1. The molecular weight excluding hydrogens is 398 g/mol. The highest BCUT2D eigenvalue weighted by Crippen LogP contribution is 2.52. The van der Waals surface area contributed by atoms with Crippen LogP contribution in [-0.2, 0) is 13.1 Å². The van der Waals surface area contributed by atoms with Crippen molar-refractivity contribution in [2.75, 3.05) is 77.7 Å². The van der Waals surface area contributed by atoms with Gasteiger partial charge < -0.3 is 0 Å². The zero-order valence-corrected chi connectivity index (χ0v) is 19.5. The van der Waals surface area contributed by atoms with Crippen LogP contribution in [0.3, 0.4) is 0 Å². The lowest BCUT2D eigenvalue weighted by Gasteiger charge is -2.60. The lowest BCUT2D eigenvalue weighted by atomic mass is 10.0. The fourth-order valence-corrected chi connectivity index (χ4v) is 13.3. The van der Waals surface area contributed by atoms with Crippen LogP contribution in [0.1, 0.15) is 16.7 Å². The van der Waals surface area contributed by atoms with Crippen molar-refractivity contribution in [2.45, 2.75) is 20.0 Å². The zero-order chi connectivity index (χ0) is 19.2. The molecule has 0 aromatic heterocycles. The number of nitrogens with zero attached hydrogens (tertiary/aromatic N) is 6. The molecule has 8 heterocycles. The molecule has 0 saturated carbocycles. The molecule has 8 fully saturated rings. The number of rotatable bonds is 4. The van der Waals surface area contributed by atoms with Gasteiger partial charge in [0, 0.05) is 36.3 Å². The van der Waals surface area contributed by atoms with E-state index in [0.29, 0.717) is 0 Å². The van der Waals surface area contributed by atoms with Gasteiger partial charge in [-0.2, -0.15) is 0 Å². The Morgan fingerprint density at radius 2 is 1.10 bits per heavy atom. The van der Waals surface area contributed by atoms with Gasteiger partial charge in [-0.15, -0.1) is 0 Å². The van der Waals surface area contributed by atoms with Crippen molar-refractivity contribution in [3.63, 3.8) is 0 Å². The summed E-state index contributed by atoms with van der Waals surface area (Å²) in [6, 6.07) is 7.57. The molecule has 0 aliphatic carbocycles. The van der Waals surface area contributed by atoms with Gasteiger partial charge in [-0.1, -0.05) is 17.7 Å². The van der Waals surface area contributed by atoms with Crippen LogP contribution in [0.15, 0.2) is 18.2 Å². The third-order valence-corrected chi connectivity index (χ3v) is 12.8. The monoisotopic (exact) mass is 432 g/mol. The summed E-state index contributed by atoms with van der Waals surface area (Å²) in [7, 11) is 0.436. The predicted molar refractivity (Wildman–Crippen MR) is 119 cm³/mol. The van der Waals surface area contributed by atoms with Gasteiger partial charge in [-0.3, -0.25) is 8.97 Å². The Bertz CT molecular complexity index is 710. The van der Waals surface area contributed by atoms with Crippen molar-refractivity contribution in [3.8, 4) is 0 Å². The number of aryl methyl sites for hydroxylation is 1. The Morgan fingerprint density at radius 1 is 0.690 bits per heavy atom. The third kappa shape index (κ3) is 3.23. The predicted octanol–water partition coefficient (Wildman–Crippen LogP) is 2.37. The van der Waals surface area contributed by atoms with Gasteiger partial charge in [0.05, 0.1) is 13.3 Å². The lowest BCUT2D eigenvalue weighted by molar-refractivity contribution is -0.961. The van der Waals surface area contributed by atoms with E-state index in [4.69, 9.17) is 0 Å². The van der Waals surface area contributed by atoms with Crippen molar-refractivity contribution in [1.82, 2.24) is 19.6 Å². The van der Waals surface area contributed by atoms with E-state index in [1.54, 1.807) is 11.1 Å². The Balaban J connectivity index is 1.14. The van der Waals surface area contributed by atoms with Gasteiger partial charge in [0.1, 0.15) is 52.3 Å². The Morgan fingerprint density at radius 3 is 1.48 bits per heavy atom. The quantitative estimate of drug-likeness (QED) is 0.535. The summed E-state index contributed by atoms with van der Waals surface area (Å²) in [6.45, 7) is 12.4. The maximum Gasteiger partial charge on any atom is 0.137 e. The van der Waals surface area contributed by atoms with Crippen molar-refractivity contribution in [3.05, 3.63) is 34.9 Å². The van der Waals surface area contributed by atoms with Crippen LogP contribution in [0, 0.1) is 6.92 Å². The van der Waals surface area contributed by atoms with Crippen LogP contribution in [0.4, 0.5) is 0 Å². The SMILES string of the molecule is Cc1cc(C[N+]23CN4CN(CP(C4)C2)C3)cc(C[N+]23CN4CN(CP(C4)C2)C3)c1. The number of hydrogen-bond donors (Lipinski definition) is 0. The van der Waals surface area contributed by atoms with Crippen LogP contribution in [0.2, 0.25) is 0 Å². The van der Waals surface area contributed by atoms with E-state index < -0.39 is 0 Å². The second-order valence-electron chi connectivity index (χ2n) is 11.0. The molecule has 8 bridgehead atoms. The van der Waals surface area contributed by atoms with Crippen molar-refractivity contribution >= 4 is 15.8 Å². The number of benzene rings is 1. The van der Waals surface area contributed by atoms with Crippen LogP contribution in [-0.4, -0.2) is 106 Å². The molecule has 0 radical (unpaired) electrons. The van der Waals surface area contributed by atoms with Gasteiger partial charge in [-0.05, 0) is 28.8 Å². The molecule has 4 unspecified atom stereocenters. The maximum atomic E-state index is 2.73. The fourth-order valence-electron chi connectivity index (χ4n) is 7.52. The minimum Gasteiger partial charge on any atom is -0.291 e. The normalized spacial score (nSPS) is 49.1. The highest BCUT2D eigenvalue weighted by molar-refractivity contribution is 7.57. The Hall–Kier alpha value is -0.160. The molecule has 8 aliphatic heterocycles. The molecule has 156 valence electrons. The average molecular weight is 432 g/mol. The molecule has 0 amide bonds. The van der Waals surface area contributed by atoms with E-state index in [9.17, 15) is 0 Å². The molecular formula is C21H34N6P2+2. The van der Waals surface area contributed by atoms with E-state index in [0.717, 1.165) is 0 Å². The first-order valence-corrected chi connectivity index (χ1v) is 15.0. The second kappa shape index (κ2) is 6.43. The first-order chi connectivity index (χ1) is 14.0. The summed E-state index contributed by atoms with van der Waals surface area (Å²) in [6.07, 6.45) is 8.53. The lowest BCUT2D eigenvalue weighted by Crippen LogP contribution is -2.71. The highest BCUT2D eigenvalue weighted by Gasteiger charge is 2.50. The van der Waals surface area contributed by atoms with E-state index >= 15 is 0 Å². The molecule has 8 aliphatic rings. The Kier molecular flexibility index (Phi) is 4.08. The summed E-state index contributed by atoms with van der Waals surface area (Å²) in [5, 5.41) is 0. The molecule has 0 spiro atoms. The van der Waals surface area contributed by atoms with Crippen molar-refractivity contribution < 1.29 is 8.97 Å². The summed E-state index contributed by atoms with van der Waals surface area (Å²) >= 11 is 0. The van der Waals surface area contributed by atoms with E-state index in [-0.39, 0.29) is 15.8 Å². The van der Waals surface area contributed by atoms with Crippen LogP contribution in [0.5, 0.6) is 0 Å². The molecule has 8 saturated heterocycles. The van der Waals surface area contributed by atoms with Gasteiger partial charge in [0.15, 0.2) is 0 Å². The number of quaternary nitrogens is 2. The molecule has 6 nitrogen and oxygen atoms in total. The first-order valence-electron chi connectivity index (χ1n) is 11.2. The topological polar surface area (TPSA) is 13.0 Å². The molecule has 1 aromatic carbocycles. The molecule has 0 N–H and O–H groups in total. The van der Waals surface area contributed by atoms with E-state index in [2.05, 4.69) is 44.7 Å². The summed E-state index contributed by atoms with van der Waals surface area (Å²) in [5.41, 5.74) is 4.67.